The molecule has 3 fully saturated rings. The largest absolute Gasteiger partial charge is 0.444 e. The summed E-state index contributed by atoms with van der Waals surface area (Å²) < 4.78 is 7.79. The van der Waals surface area contributed by atoms with Crippen LogP contribution in [0.4, 0.5) is 10.5 Å². The van der Waals surface area contributed by atoms with Gasteiger partial charge in [0.2, 0.25) is 0 Å². The Morgan fingerprint density at radius 1 is 1.08 bits per heavy atom. The van der Waals surface area contributed by atoms with Crippen LogP contribution in [0, 0.1) is 5.92 Å². The van der Waals surface area contributed by atoms with Gasteiger partial charge in [0.1, 0.15) is 5.60 Å². The van der Waals surface area contributed by atoms with Crippen LogP contribution in [-0.4, -0.2) is 68.1 Å². The molecule has 2 atom stereocenters. The van der Waals surface area contributed by atoms with Gasteiger partial charge in [0.05, 0.1) is 47.2 Å². The smallest absolute Gasteiger partial charge is 0.410 e. The lowest BCUT2D eigenvalue weighted by Crippen LogP contribution is -2.56. The average molecular weight is 518 g/mol. The zero-order valence-corrected chi connectivity index (χ0v) is 22.7. The van der Waals surface area contributed by atoms with Gasteiger partial charge in [-0.3, -0.25) is 14.6 Å². The molecule has 0 radical (unpaired) electrons. The Hall–Kier alpha value is -3.20. The van der Waals surface area contributed by atoms with E-state index in [2.05, 4.69) is 33.0 Å². The maximum atomic E-state index is 12.8. The Balaban J connectivity index is 1.16. The van der Waals surface area contributed by atoms with E-state index in [0.29, 0.717) is 6.04 Å². The third kappa shape index (κ3) is 4.96. The van der Waals surface area contributed by atoms with Crippen LogP contribution in [0.3, 0.4) is 0 Å². The van der Waals surface area contributed by atoms with Crippen LogP contribution in [0.25, 0.3) is 22.3 Å². The van der Waals surface area contributed by atoms with Crippen molar-refractivity contribution in [3.8, 4) is 11.3 Å². The van der Waals surface area contributed by atoms with Gasteiger partial charge in [-0.05, 0) is 90.0 Å². The van der Waals surface area contributed by atoms with Gasteiger partial charge in [0.25, 0.3) is 0 Å². The molecule has 9 heteroatoms. The van der Waals surface area contributed by atoms with Crippen LogP contribution in [0.5, 0.6) is 0 Å². The summed E-state index contributed by atoms with van der Waals surface area (Å²) in [7, 11) is 0. The second-order valence-corrected chi connectivity index (χ2v) is 12.2. The maximum absolute atomic E-state index is 12.8. The number of carbonyl (C=O) groups excluding carboxylic acids is 1. The van der Waals surface area contributed by atoms with Gasteiger partial charge in [-0.2, -0.15) is 5.10 Å². The molecule has 2 saturated heterocycles. The van der Waals surface area contributed by atoms with Crippen molar-refractivity contribution in [3.63, 3.8) is 0 Å². The summed E-state index contributed by atoms with van der Waals surface area (Å²) >= 11 is 0. The highest BCUT2D eigenvalue weighted by molar-refractivity contribution is 5.81. The highest BCUT2D eigenvalue weighted by Gasteiger charge is 2.44. The van der Waals surface area contributed by atoms with Gasteiger partial charge in [0.15, 0.2) is 0 Å². The molecular weight excluding hydrogens is 478 g/mol. The molecule has 1 amide bonds. The zero-order chi connectivity index (χ0) is 26.4. The second-order valence-electron chi connectivity index (χ2n) is 12.2. The highest BCUT2D eigenvalue weighted by atomic mass is 16.6. The molecule has 1 aliphatic carbocycles. The monoisotopic (exact) mass is 517 g/mol. The minimum Gasteiger partial charge on any atom is -0.444 e. The van der Waals surface area contributed by atoms with E-state index in [9.17, 15) is 4.79 Å². The number of rotatable bonds is 6. The van der Waals surface area contributed by atoms with Crippen molar-refractivity contribution >= 4 is 22.8 Å². The fraction of sp³-hybridized carbons (Fsp3) is 0.586. The van der Waals surface area contributed by atoms with Gasteiger partial charge in [-0.15, -0.1) is 0 Å². The van der Waals surface area contributed by atoms with Gasteiger partial charge < -0.3 is 15.4 Å². The number of anilines is 1. The fourth-order valence-corrected chi connectivity index (χ4v) is 6.29. The topological polar surface area (TPSA) is 102 Å². The number of nitrogens with zero attached hydrogens (tertiary/aromatic N) is 6. The lowest BCUT2D eigenvalue weighted by molar-refractivity contribution is 0.0123. The summed E-state index contributed by atoms with van der Waals surface area (Å²) in [4.78, 5) is 26.9. The molecule has 2 N–H and O–H groups in total. The number of nitrogens with two attached hydrogens (primary N) is 1. The molecule has 6 rings (SSSR count). The van der Waals surface area contributed by atoms with Crippen LogP contribution < -0.4 is 10.6 Å². The number of hydrogen-bond donors (Lipinski definition) is 1. The molecule has 1 saturated carbocycles. The Labute approximate surface area is 224 Å². The molecule has 9 nitrogen and oxygen atoms in total. The molecule has 2 aliphatic heterocycles. The molecule has 1 aromatic carbocycles. The molecule has 4 heterocycles. The number of piperazine rings is 1. The molecule has 2 unspecified atom stereocenters. The van der Waals surface area contributed by atoms with Crippen molar-refractivity contribution in [3.05, 3.63) is 36.8 Å². The number of ether oxygens (including phenoxy) is 1. The van der Waals surface area contributed by atoms with Gasteiger partial charge >= 0.3 is 6.09 Å². The minimum absolute atomic E-state index is 0.170. The summed E-state index contributed by atoms with van der Waals surface area (Å²) in [5, 5.41) is 4.64. The predicted octanol–water partition coefficient (Wildman–Crippen LogP) is 4.77. The Bertz CT molecular complexity index is 1300. The van der Waals surface area contributed by atoms with E-state index in [0.717, 1.165) is 72.8 Å². The van der Waals surface area contributed by atoms with E-state index >= 15 is 0 Å². The molecule has 3 aliphatic rings. The summed E-state index contributed by atoms with van der Waals surface area (Å²) in [5.41, 5.74) is 9.89. The van der Waals surface area contributed by atoms with E-state index < -0.39 is 5.60 Å². The predicted molar refractivity (Wildman–Crippen MR) is 148 cm³/mol. The van der Waals surface area contributed by atoms with Gasteiger partial charge in [-0.1, -0.05) is 0 Å². The molecular formula is C29H39N7O2. The number of hydrogen-bond acceptors (Lipinski definition) is 7. The van der Waals surface area contributed by atoms with Crippen molar-refractivity contribution in [1.82, 2.24) is 24.6 Å². The molecule has 2 aromatic heterocycles. The third-order valence-electron chi connectivity index (χ3n) is 8.28. The number of carbonyl (C=O) groups is 1. The number of aromatic nitrogens is 4. The minimum atomic E-state index is -0.482. The molecule has 202 valence electrons. The Kier molecular flexibility index (Phi) is 6.50. The van der Waals surface area contributed by atoms with Crippen molar-refractivity contribution in [1.29, 1.82) is 0 Å². The summed E-state index contributed by atoms with van der Waals surface area (Å²) in [6.07, 6.45) is 12.4. The average Bonchev–Trinajstić information content (AvgIpc) is 3.44. The van der Waals surface area contributed by atoms with E-state index in [4.69, 9.17) is 20.4 Å². The van der Waals surface area contributed by atoms with Crippen molar-refractivity contribution in [2.75, 3.05) is 24.5 Å². The quantitative estimate of drug-likeness (QED) is 0.502. The lowest BCUT2D eigenvalue weighted by atomic mass is 9.77. The van der Waals surface area contributed by atoms with Gasteiger partial charge in [0, 0.05) is 30.5 Å². The van der Waals surface area contributed by atoms with Gasteiger partial charge in [-0.25, -0.2) is 9.78 Å². The van der Waals surface area contributed by atoms with E-state index in [1.54, 1.807) is 0 Å². The molecule has 2 bridgehead atoms. The Morgan fingerprint density at radius 2 is 1.84 bits per heavy atom. The SMILES string of the molecule is CC(C)(C)OC(=O)N1C2CCC1CN(c1ccc3ncc(-c4cnn(C5CC(CCCN)C5)c4)nc3c1)C2. The van der Waals surface area contributed by atoms with Crippen molar-refractivity contribution in [2.24, 2.45) is 11.7 Å². The van der Waals surface area contributed by atoms with Crippen molar-refractivity contribution in [2.45, 2.75) is 83.0 Å². The first kappa shape index (κ1) is 25.1. The Morgan fingerprint density at radius 3 is 2.55 bits per heavy atom. The van der Waals surface area contributed by atoms with E-state index in [-0.39, 0.29) is 18.2 Å². The maximum Gasteiger partial charge on any atom is 0.410 e. The van der Waals surface area contributed by atoms with E-state index in [1.165, 1.54) is 19.3 Å². The summed E-state index contributed by atoms with van der Waals surface area (Å²) in [5.74, 6) is 0.774. The van der Waals surface area contributed by atoms with Crippen LogP contribution >= 0.6 is 0 Å². The van der Waals surface area contributed by atoms with E-state index in [1.807, 2.05) is 44.1 Å². The fourth-order valence-electron chi connectivity index (χ4n) is 6.29. The number of fused-ring (bicyclic) bond motifs is 3. The standard InChI is InChI=1S/C29H39N7O2/c1-29(2,3)38-28(37)36-22-6-7-23(36)18-34(17-22)21-8-9-25-26(13-21)33-27(15-31-25)20-14-32-35(16-20)24-11-19(12-24)5-4-10-30/h8-9,13-16,19,22-24H,4-7,10-12,17-18,30H2,1-3H3. The molecule has 0 spiro atoms. The van der Waals surface area contributed by atoms with Crippen LogP contribution in [0.2, 0.25) is 0 Å². The first-order valence-electron chi connectivity index (χ1n) is 14.0. The first-order valence-corrected chi connectivity index (χ1v) is 14.0. The lowest BCUT2D eigenvalue weighted by Gasteiger charge is -2.42. The molecule has 38 heavy (non-hydrogen) atoms. The summed E-state index contributed by atoms with van der Waals surface area (Å²) in [6, 6.07) is 7.11. The highest BCUT2D eigenvalue weighted by Crippen LogP contribution is 2.40. The summed E-state index contributed by atoms with van der Waals surface area (Å²) in [6.45, 7) is 8.14. The van der Waals surface area contributed by atoms with Crippen molar-refractivity contribution < 1.29 is 9.53 Å². The second kappa shape index (κ2) is 9.84. The third-order valence-corrected chi connectivity index (χ3v) is 8.28. The number of amides is 1. The number of benzene rings is 1. The molecule has 3 aromatic rings. The van der Waals surface area contributed by atoms with Crippen LogP contribution in [-0.2, 0) is 4.74 Å². The van der Waals surface area contributed by atoms with Crippen LogP contribution in [0.1, 0.15) is 65.3 Å². The van der Waals surface area contributed by atoms with Crippen LogP contribution in [0.15, 0.2) is 36.8 Å². The first-order chi connectivity index (χ1) is 18.3. The zero-order valence-electron chi connectivity index (χ0n) is 22.7. The normalized spacial score (nSPS) is 25.1.